The molecule has 19 heavy (non-hydrogen) atoms. The van der Waals surface area contributed by atoms with Crippen LogP contribution in [0.15, 0.2) is 24.3 Å². The summed E-state index contributed by atoms with van der Waals surface area (Å²) in [5.74, 6) is 0.524. The van der Waals surface area contributed by atoms with E-state index in [9.17, 15) is 4.79 Å². The van der Waals surface area contributed by atoms with Crippen LogP contribution in [-0.4, -0.2) is 26.5 Å². The maximum atomic E-state index is 11.1. The molecule has 0 aliphatic rings. The van der Waals surface area contributed by atoms with Crippen LogP contribution in [0.4, 0.5) is 5.69 Å². The molecular formula is C12H16N6O. The molecule has 7 heteroatoms. The van der Waals surface area contributed by atoms with Crippen molar-refractivity contribution in [2.45, 2.75) is 26.4 Å². The standard InChI is InChI=1S/C12H16N6O/c1-8(12-15-17-18-16-12)13-7-10-5-3-4-6-11(10)14-9(2)19/h3-6,8,13H,7H2,1-2H3,(H,14,19)(H,15,16,17,18). The van der Waals surface area contributed by atoms with E-state index >= 15 is 0 Å². The van der Waals surface area contributed by atoms with E-state index in [1.807, 2.05) is 31.2 Å². The zero-order valence-corrected chi connectivity index (χ0v) is 10.8. The Hall–Kier alpha value is -2.28. The summed E-state index contributed by atoms with van der Waals surface area (Å²) in [4.78, 5) is 11.1. The van der Waals surface area contributed by atoms with E-state index in [1.54, 1.807) is 0 Å². The molecule has 1 unspecified atom stereocenters. The van der Waals surface area contributed by atoms with Crippen molar-refractivity contribution >= 4 is 11.6 Å². The lowest BCUT2D eigenvalue weighted by molar-refractivity contribution is -0.114. The van der Waals surface area contributed by atoms with Gasteiger partial charge in [0.1, 0.15) is 0 Å². The molecule has 7 nitrogen and oxygen atoms in total. The van der Waals surface area contributed by atoms with Crippen molar-refractivity contribution in [3.05, 3.63) is 35.7 Å². The first-order chi connectivity index (χ1) is 9.16. The topological polar surface area (TPSA) is 95.6 Å². The Balaban J connectivity index is 2.01. The highest BCUT2D eigenvalue weighted by atomic mass is 16.1. The predicted molar refractivity (Wildman–Crippen MR) is 70.2 cm³/mol. The average Bonchev–Trinajstić information content (AvgIpc) is 2.90. The molecule has 1 aromatic heterocycles. The van der Waals surface area contributed by atoms with E-state index in [4.69, 9.17) is 0 Å². The number of H-pyrrole nitrogens is 1. The highest BCUT2D eigenvalue weighted by Gasteiger charge is 2.10. The molecular weight excluding hydrogens is 244 g/mol. The average molecular weight is 260 g/mol. The highest BCUT2D eigenvalue weighted by molar-refractivity contribution is 5.89. The van der Waals surface area contributed by atoms with Crippen molar-refractivity contribution in [2.75, 3.05) is 5.32 Å². The minimum Gasteiger partial charge on any atom is -0.326 e. The van der Waals surface area contributed by atoms with Crippen LogP contribution in [0.5, 0.6) is 0 Å². The van der Waals surface area contributed by atoms with Crippen LogP contribution in [0.1, 0.15) is 31.3 Å². The maximum absolute atomic E-state index is 11.1. The lowest BCUT2D eigenvalue weighted by atomic mass is 10.1. The lowest BCUT2D eigenvalue weighted by Crippen LogP contribution is -2.20. The number of aromatic nitrogens is 4. The Bertz CT molecular complexity index is 539. The number of anilines is 1. The third kappa shape index (κ3) is 3.59. The summed E-state index contributed by atoms with van der Waals surface area (Å²) in [7, 11) is 0. The fraction of sp³-hybridized carbons (Fsp3) is 0.333. The third-order valence-electron chi connectivity index (χ3n) is 2.68. The van der Waals surface area contributed by atoms with Crippen molar-refractivity contribution in [3.63, 3.8) is 0 Å². The first kappa shape index (κ1) is 13.2. The van der Waals surface area contributed by atoms with Gasteiger partial charge in [-0.15, -0.1) is 10.2 Å². The van der Waals surface area contributed by atoms with E-state index in [-0.39, 0.29) is 11.9 Å². The molecule has 1 atom stereocenters. The van der Waals surface area contributed by atoms with E-state index in [0.29, 0.717) is 12.4 Å². The molecule has 0 saturated heterocycles. The van der Waals surface area contributed by atoms with Crippen LogP contribution >= 0.6 is 0 Å². The van der Waals surface area contributed by atoms with Crippen molar-refractivity contribution in [1.29, 1.82) is 0 Å². The normalized spacial score (nSPS) is 12.1. The number of carbonyl (C=O) groups excluding carboxylic acids is 1. The van der Waals surface area contributed by atoms with Gasteiger partial charge < -0.3 is 10.6 Å². The van der Waals surface area contributed by atoms with Crippen molar-refractivity contribution in [2.24, 2.45) is 0 Å². The molecule has 0 aliphatic carbocycles. The van der Waals surface area contributed by atoms with Gasteiger partial charge in [0.05, 0.1) is 6.04 Å². The van der Waals surface area contributed by atoms with Gasteiger partial charge in [-0.05, 0) is 18.6 Å². The Kier molecular flexibility index (Phi) is 4.19. The molecule has 0 aliphatic heterocycles. The number of amides is 1. The van der Waals surface area contributed by atoms with Gasteiger partial charge in [-0.2, -0.15) is 5.21 Å². The molecule has 2 aromatic rings. The van der Waals surface area contributed by atoms with Gasteiger partial charge in [-0.3, -0.25) is 4.79 Å². The number of benzene rings is 1. The molecule has 1 aromatic carbocycles. The Morgan fingerprint density at radius 2 is 2.21 bits per heavy atom. The molecule has 1 heterocycles. The van der Waals surface area contributed by atoms with Crippen LogP contribution in [0.25, 0.3) is 0 Å². The second-order valence-electron chi connectivity index (χ2n) is 4.21. The number of hydrogen-bond acceptors (Lipinski definition) is 5. The molecule has 0 bridgehead atoms. The Morgan fingerprint density at radius 3 is 2.89 bits per heavy atom. The highest BCUT2D eigenvalue weighted by Crippen LogP contribution is 2.16. The number of tetrazole rings is 1. The monoisotopic (exact) mass is 260 g/mol. The second-order valence-corrected chi connectivity index (χ2v) is 4.21. The van der Waals surface area contributed by atoms with Gasteiger partial charge in [0.15, 0.2) is 5.82 Å². The molecule has 0 fully saturated rings. The summed E-state index contributed by atoms with van der Waals surface area (Å²) in [6.45, 7) is 4.05. The first-order valence-electron chi connectivity index (χ1n) is 5.99. The molecule has 100 valence electrons. The number of rotatable bonds is 5. The molecule has 3 N–H and O–H groups in total. The van der Waals surface area contributed by atoms with Crippen LogP contribution in [-0.2, 0) is 11.3 Å². The van der Waals surface area contributed by atoms with Crippen LogP contribution in [0.3, 0.4) is 0 Å². The fourth-order valence-corrected chi connectivity index (χ4v) is 1.69. The van der Waals surface area contributed by atoms with E-state index in [0.717, 1.165) is 11.3 Å². The zero-order valence-electron chi connectivity index (χ0n) is 10.8. The summed E-state index contributed by atoms with van der Waals surface area (Å²) >= 11 is 0. The largest absolute Gasteiger partial charge is 0.326 e. The minimum atomic E-state index is -0.0846. The van der Waals surface area contributed by atoms with Crippen LogP contribution in [0, 0.1) is 0 Å². The smallest absolute Gasteiger partial charge is 0.221 e. The summed E-state index contributed by atoms with van der Waals surface area (Å²) in [6.07, 6.45) is 0. The maximum Gasteiger partial charge on any atom is 0.221 e. The van der Waals surface area contributed by atoms with E-state index < -0.39 is 0 Å². The number of nitrogens with zero attached hydrogens (tertiary/aromatic N) is 3. The van der Waals surface area contributed by atoms with Gasteiger partial charge in [-0.25, -0.2) is 0 Å². The minimum absolute atomic E-state index is 0.0239. The Morgan fingerprint density at radius 1 is 1.42 bits per heavy atom. The van der Waals surface area contributed by atoms with Gasteiger partial charge >= 0.3 is 0 Å². The second kappa shape index (κ2) is 6.05. The van der Waals surface area contributed by atoms with E-state index in [2.05, 4.69) is 31.3 Å². The summed E-state index contributed by atoms with van der Waals surface area (Å²) < 4.78 is 0. The number of nitrogens with one attached hydrogen (secondary N) is 3. The SMILES string of the molecule is CC(=O)Nc1ccccc1CNC(C)c1nn[nH]n1. The van der Waals surface area contributed by atoms with E-state index in [1.165, 1.54) is 6.92 Å². The van der Waals surface area contributed by atoms with Crippen molar-refractivity contribution in [3.8, 4) is 0 Å². The third-order valence-corrected chi connectivity index (χ3v) is 2.68. The summed E-state index contributed by atoms with van der Waals surface area (Å²) in [6, 6.07) is 7.63. The molecule has 0 saturated carbocycles. The van der Waals surface area contributed by atoms with Crippen LogP contribution < -0.4 is 10.6 Å². The molecule has 0 radical (unpaired) electrons. The molecule has 2 rings (SSSR count). The van der Waals surface area contributed by atoms with Gasteiger partial charge in [0, 0.05) is 19.2 Å². The predicted octanol–water partition coefficient (Wildman–Crippen LogP) is 1.01. The van der Waals surface area contributed by atoms with Gasteiger partial charge in [0.2, 0.25) is 5.91 Å². The summed E-state index contributed by atoms with van der Waals surface area (Å²) in [5.41, 5.74) is 1.82. The number of para-hydroxylation sites is 1. The quantitative estimate of drug-likeness (QED) is 0.745. The molecule has 0 spiro atoms. The summed E-state index contributed by atoms with van der Waals surface area (Å²) in [5, 5.41) is 19.9. The number of carbonyl (C=O) groups is 1. The van der Waals surface area contributed by atoms with Crippen molar-refractivity contribution in [1.82, 2.24) is 25.9 Å². The lowest BCUT2D eigenvalue weighted by Gasteiger charge is -2.13. The Labute approximate surface area is 110 Å². The molecule has 1 amide bonds. The van der Waals surface area contributed by atoms with Gasteiger partial charge in [0.25, 0.3) is 0 Å². The first-order valence-corrected chi connectivity index (χ1v) is 5.99. The fourth-order valence-electron chi connectivity index (χ4n) is 1.69. The number of hydrogen-bond donors (Lipinski definition) is 3. The number of aromatic amines is 1. The van der Waals surface area contributed by atoms with Gasteiger partial charge in [-0.1, -0.05) is 23.4 Å². The zero-order chi connectivity index (χ0) is 13.7. The van der Waals surface area contributed by atoms with Crippen molar-refractivity contribution < 1.29 is 4.79 Å². The van der Waals surface area contributed by atoms with Crippen LogP contribution in [0.2, 0.25) is 0 Å².